The van der Waals surface area contributed by atoms with Crippen LogP contribution >= 0.6 is 24.8 Å². The summed E-state index contributed by atoms with van der Waals surface area (Å²) in [5.74, 6) is 0.822. The van der Waals surface area contributed by atoms with Crippen LogP contribution in [0.3, 0.4) is 0 Å². The zero-order chi connectivity index (χ0) is 15.4. The SMILES string of the molecule is Cl.Cl.Nc1ccc(CC(=O)N2CCC(Cn3cccn3)CC2)cc1. The van der Waals surface area contributed by atoms with Gasteiger partial charge in [0, 0.05) is 37.7 Å². The van der Waals surface area contributed by atoms with Crippen molar-refractivity contribution < 1.29 is 4.79 Å². The second kappa shape index (κ2) is 9.55. The summed E-state index contributed by atoms with van der Waals surface area (Å²) in [7, 11) is 0. The van der Waals surface area contributed by atoms with E-state index >= 15 is 0 Å². The van der Waals surface area contributed by atoms with Crippen molar-refractivity contribution >= 4 is 36.4 Å². The molecule has 0 aliphatic carbocycles. The molecule has 132 valence electrons. The first-order valence-electron chi connectivity index (χ1n) is 7.80. The third kappa shape index (κ3) is 5.42. The maximum Gasteiger partial charge on any atom is 0.226 e. The number of halogens is 2. The molecule has 0 saturated carbocycles. The number of anilines is 1. The third-order valence-electron chi connectivity index (χ3n) is 4.31. The van der Waals surface area contributed by atoms with Crippen molar-refractivity contribution in [1.82, 2.24) is 14.7 Å². The van der Waals surface area contributed by atoms with Gasteiger partial charge in [-0.25, -0.2) is 0 Å². The predicted molar refractivity (Wildman–Crippen MR) is 101 cm³/mol. The average Bonchev–Trinajstić information content (AvgIpc) is 3.03. The third-order valence-corrected chi connectivity index (χ3v) is 4.31. The van der Waals surface area contributed by atoms with Crippen molar-refractivity contribution in [1.29, 1.82) is 0 Å². The minimum absolute atomic E-state index is 0. The minimum atomic E-state index is 0. The molecule has 0 bridgehead atoms. The van der Waals surface area contributed by atoms with E-state index in [4.69, 9.17) is 5.73 Å². The highest BCUT2D eigenvalue weighted by molar-refractivity contribution is 5.85. The highest BCUT2D eigenvalue weighted by Gasteiger charge is 2.23. The molecule has 1 aliphatic rings. The van der Waals surface area contributed by atoms with Crippen molar-refractivity contribution in [2.24, 2.45) is 5.92 Å². The number of nitrogen functional groups attached to an aromatic ring is 1. The Kier molecular flexibility index (Phi) is 8.08. The fraction of sp³-hybridized carbons (Fsp3) is 0.412. The van der Waals surface area contributed by atoms with Gasteiger partial charge in [0.1, 0.15) is 0 Å². The number of carbonyl (C=O) groups excluding carboxylic acids is 1. The van der Waals surface area contributed by atoms with Crippen molar-refractivity contribution in [2.75, 3.05) is 18.8 Å². The summed E-state index contributed by atoms with van der Waals surface area (Å²) in [6.07, 6.45) is 6.37. The molecule has 1 saturated heterocycles. The largest absolute Gasteiger partial charge is 0.399 e. The van der Waals surface area contributed by atoms with E-state index in [1.54, 1.807) is 0 Å². The van der Waals surface area contributed by atoms with Crippen LogP contribution in [-0.2, 0) is 17.8 Å². The van der Waals surface area contributed by atoms with Crippen LogP contribution in [0, 0.1) is 5.92 Å². The summed E-state index contributed by atoms with van der Waals surface area (Å²) in [5, 5.41) is 4.25. The minimum Gasteiger partial charge on any atom is -0.399 e. The Hall–Kier alpha value is -1.72. The van der Waals surface area contributed by atoms with Gasteiger partial charge in [0.2, 0.25) is 5.91 Å². The van der Waals surface area contributed by atoms with Gasteiger partial charge < -0.3 is 10.6 Å². The highest BCUT2D eigenvalue weighted by Crippen LogP contribution is 2.19. The molecule has 2 heterocycles. The number of carbonyl (C=O) groups is 1. The van der Waals surface area contributed by atoms with Gasteiger partial charge in [-0.1, -0.05) is 12.1 Å². The molecule has 0 spiro atoms. The van der Waals surface area contributed by atoms with E-state index in [0.717, 1.165) is 43.7 Å². The number of aromatic nitrogens is 2. The first-order chi connectivity index (χ1) is 10.7. The van der Waals surface area contributed by atoms with E-state index in [-0.39, 0.29) is 30.7 Å². The second-order valence-corrected chi connectivity index (χ2v) is 5.97. The average molecular weight is 371 g/mol. The number of rotatable bonds is 4. The zero-order valence-corrected chi connectivity index (χ0v) is 15.1. The Labute approximate surface area is 155 Å². The van der Waals surface area contributed by atoms with Crippen LogP contribution < -0.4 is 5.73 Å². The smallest absolute Gasteiger partial charge is 0.226 e. The lowest BCUT2D eigenvalue weighted by Gasteiger charge is -2.32. The van der Waals surface area contributed by atoms with Crippen LogP contribution in [0.4, 0.5) is 5.69 Å². The number of nitrogens with zero attached hydrogens (tertiary/aromatic N) is 3. The van der Waals surface area contributed by atoms with Crippen LogP contribution in [0.5, 0.6) is 0 Å². The molecule has 2 aromatic rings. The number of amides is 1. The van der Waals surface area contributed by atoms with Gasteiger partial charge in [-0.3, -0.25) is 9.48 Å². The monoisotopic (exact) mass is 370 g/mol. The molecule has 1 fully saturated rings. The van der Waals surface area contributed by atoms with Crippen LogP contribution in [0.15, 0.2) is 42.7 Å². The van der Waals surface area contributed by atoms with Crippen LogP contribution in [0.1, 0.15) is 18.4 Å². The van der Waals surface area contributed by atoms with Crippen LogP contribution in [-0.4, -0.2) is 33.7 Å². The summed E-state index contributed by atoms with van der Waals surface area (Å²) < 4.78 is 1.98. The van der Waals surface area contributed by atoms with Gasteiger partial charge in [0.25, 0.3) is 0 Å². The van der Waals surface area contributed by atoms with Gasteiger partial charge in [-0.05, 0) is 42.5 Å². The maximum atomic E-state index is 12.4. The Morgan fingerprint density at radius 2 is 1.83 bits per heavy atom. The zero-order valence-electron chi connectivity index (χ0n) is 13.5. The van der Waals surface area contributed by atoms with E-state index in [9.17, 15) is 4.79 Å². The van der Waals surface area contributed by atoms with Gasteiger partial charge in [-0.2, -0.15) is 5.10 Å². The molecule has 2 N–H and O–H groups in total. The van der Waals surface area contributed by atoms with Crippen molar-refractivity contribution in [3.05, 3.63) is 48.3 Å². The fourth-order valence-electron chi connectivity index (χ4n) is 2.96. The van der Waals surface area contributed by atoms with E-state index in [1.807, 2.05) is 52.3 Å². The van der Waals surface area contributed by atoms with Crippen molar-refractivity contribution in [2.45, 2.75) is 25.8 Å². The lowest BCUT2D eigenvalue weighted by Crippen LogP contribution is -2.40. The maximum absolute atomic E-state index is 12.4. The molecule has 5 nitrogen and oxygen atoms in total. The van der Waals surface area contributed by atoms with Gasteiger partial charge >= 0.3 is 0 Å². The van der Waals surface area contributed by atoms with E-state index in [0.29, 0.717) is 12.3 Å². The Balaban J connectivity index is 0.00000144. The molecule has 1 aromatic heterocycles. The number of piperidine rings is 1. The van der Waals surface area contributed by atoms with Crippen molar-refractivity contribution in [3.63, 3.8) is 0 Å². The number of nitrogens with two attached hydrogens (primary N) is 1. The van der Waals surface area contributed by atoms with E-state index in [1.165, 1.54) is 0 Å². The molecule has 24 heavy (non-hydrogen) atoms. The fourth-order valence-corrected chi connectivity index (χ4v) is 2.96. The Bertz CT molecular complexity index is 608. The molecular weight excluding hydrogens is 347 g/mol. The predicted octanol–water partition coefficient (Wildman–Crippen LogP) is 2.79. The first-order valence-corrected chi connectivity index (χ1v) is 7.80. The van der Waals surface area contributed by atoms with Gasteiger partial charge in [0.15, 0.2) is 0 Å². The molecule has 1 aromatic carbocycles. The molecule has 1 aliphatic heterocycles. The van der Waals surface area contributed by atoms with Gasteiger partial charge in [-0.15, -0.1) is 24.8 Å². The van der Waals surface area contributed by atoms with Crippen LogP contribution in [0.25, 0.3) is 0 Å². The number of hydrogen-bond acceptors (Lipinski definition) is 3. The standard InChI is InChI=1S/C17H22N4O.2ClH/c18-16-4-2-14(3-5-16)12-17(22)20-10-6-15(7-11-20)13-21-9-1-8-19-21;;/h1-5,8-9,15H,6-7,10-13,18H2;2*1H. The van der Waals surface area contributed by atoms with Crippen molar-refractivity contribution in [3.8, 4) is 0 Å². The van der Waals surface area contributed by atoms with E-state index in [2.05, 4.69) is 5.10 Å². The first kappa shape index (κ1) is 20.3. The molecule has 7 heteroatoms. The highest BCUT2D eigenvalue weighted by atomic mass is 35.5. The Morgan fingerprint density at radius 1 is 1.17 bits per heavy atom. The number of benzene rings is 1. The summed E-state index contributed by atoms with van der Waals surface area (Å²) in [4.78, 5) is 14.3. The second-order valence-electron chi connectivity index (χ2n) is 5.97. The lowest BCUT2D eigenvalue weighted by molar-refractivity contribution is -0.131. The molecule has 0 radical (unpaired) electrons. The molecule has 1 amide bonds. The molecule has 0 unspecified atom stereocenters. The quantitative estimate of drug-likeness (QED) is 0.841. The summed E-state index contributed by atoms with van der Waals surface area (Å²) in [5.41, 5.74) is 7.43. The summed E-state index contributed by atoms with van der Waals surface area (Å²) in [6.45, 7) is 2.65. The Morgan fingerprint density at radius 3 is 2.42 bits per heavy atom. The molecular formula is C17H24Cl2N4O. The lowest BCUT2D eigenvalue weighted by atomic mass is 9.96. The number of hydrogen-bond donors (Lipinski definition) is 1. The topological polar surface area (TPSA) is 64.2 Å². The molecule has 3 rings (SSSR count). The van der Waals surface area contributed by atoms with Gasteiger partial charge in [0.05, 0.1) is 6.42 Å². The summed E-state index contributed by atoms with van der Waals surface area (Å²) >= 11 is 0. The van der Waals surface area contributed by atoms with Crippen LogP contribution in [0.2, 0.25) is 0 Å². The summed E-state index contributed by atoms with van der Waals surface area (Å²) in [6, 6.07) is 9.50. The van der Waals surface area contributed by atoms with E-state index < -0.39 is 0 Å². The normalized spacial score (nSPS) is 14.6. The number of likely N-dealkylation sites (tertiary alicyclic amines) is 1. The molecule has 0 atom stereocenters.